The molecular weight excluding hydrogens is 376 g/mol. The fraction of sp³-hybridized carbons (Fsp3) is 0.476. The number of nitrogens with zero attached hydrogens (tertiary/aromatic N) is 2. The number of allylic oxidation sites excluding steroid dienone is 1. The van der Waals surface area contributed by atoms with Gasteiger partial charge in [-0.05, 0) is 30.9 Å². The Hall–Kier alpha value is -2.12. The van der Waals surface area contributed by atoms with Gasteiger partial charge in [0, 0.05) is 7.11 Å². The molecule has 1 aromatic carbocycles. The Balaban J connectivity index is 2.03. The number of amides is 1. The van der Waals surface area contributed by atoms with Gasteiger partial charge < -0.3 is 9.47 Å². The molecular formula is C21H26N2O4S. The molecule has 7 heteroatoms. The highest BCUT2D eigenvalue weighted by Gasteiger charge is 2.46. The molecule has 0 unspecified atom stereocenters. The van der Waals surface area contributed by atoms with Gasteiger partial charge in [0.25, 0.3) is 0 Å². The van der Waals surface area contributed by atoms with E-state index < -0.39 is 12.0 Å². The third-order valence-corrected chi connectivity index (χ3v) is 5.97. The molecule has 1 saturated heterocycles. The number of carbonyl (C=O) groups is 2. The SMILES string of the molecule is COCCOC(=O)C1=C(C)N=C2S[C@@H](C)C(=O)N2[C@@H]1c1ccc(C(C)C)cc1. The van der Waals surface area contributed by atoms with Crippen LogP contribution in [-0.2, 0) is 19.1 Å². The highest BCUT2D eigenvalue weighted by molar-refractivity contribution is 8.15. The smallest absolute Gasteiger partial charge is 0.338 e. The summed E-state index contributed by atoms with van der Waals surface area (Å²) < 4.78 is 10.3. The number of hydrogen-bond acceptors (Lipinski definition) is 6. The minimum Gasteiger partial charge on any atom is -0.460 e. The fourth-order valence-electron chi connectivity index (χ4n) is 3.34. The summed E-state index contributed by atoms with van der Waals surface area (Å²) >= 11 is 1.42. The molecule has 2 aliphatic heterocycles. The first-order valence-electron chi connectivity index (χ1n) is 9.40. The van der Waals surface area contributed by atoms with Crippen LogP contribution in [0.5, 0.6) is 0 Å². The summed E-state index contributed by atoms with van der Waals surface area (Å²) in [6.45, 7) is 8.38. The Morgan fingerprint density at radius 1 is 1.25 bits per heavy atom. The number of ether oxygens (including phenoxy) is 2. The van der Waals surface area contributed by atoms with Crippen molar-refractivity contribution in [1.29, 1.82) is 0 Å². The molecule has 0 aliphatic carbocycles. The van der Waals surface area contributed by atoms with Crippen molar-refractivity contribution in [2.75, 3.05) is 20.3 Å². The van der Waals surface area contributed by atoms with Crippen molar-refractivity contribution in [3.63, 3.8) is 0 Å². The molecule has 2 atom stereocenters. The van der Waals surface area contributed by atoms with Gasteiger partial charge in [-0.2, -0.15) is 0 Å². The van der Waals surface area contributed by atoms with Crippen LogP contribution in [0.1, 0.15) is 50.8 Å². The zero-order valence-corrected chi connectivity index (χ0v) is 17.7. The van der Waals surface area contributed by atoms with Gasteiger partial charge in [0.1, 0.15) is 6.61 Å². The van der Waals surface area contributed by atoms with Crippen molar-refractivity contribution in [3.8, 4) is 0 Å². The van der Waals surface area contributed by atoms with Gasteiger partial charge in [0.05, 0.1) is 29.2 Å². The van der Waals surface area contributed by atoms with Crippen LogP contribution in [-0.4, -0.2) is 47.5 Å². The Morgan fingerprint density at radius 3 is 2.54 bits per heavy atom. The van der Waals surface area contributed by atoms with Gasteiger partial charge in [-0.25, -0.2) is 9.79 Å². The van der Waals surface area contributed by atoms with Crippen LogP contribution < -0.4 is 0 Å². The number of esters is 1. The minimum atomic E-state index is -0.534. The molecule has 1 aromatic rings. The predicted octanol–water partition coefficient (Wildman–Crippen LogP) is 3.65. The number of rotatable bonds is 6. The first kappa shape index (κ1) is 20.6. The first-order chi connectivity index (χ1) is 13.3. The number of aliphatic imine (C=N–C) groups is 1. The van der Waals surface area contributed by atoms with Crippen molar-refractivity contribution >= 4 is 28.8 Å². The summed E-state index contributed by atoms with van der Waals surface area (Å²) in [7, 11) is 1.55. The predicted molar refractivity (Wildman–Crippen MR) is 110 cm³/mol. The molecule has 28 heavy (non-hydrogen) atoms. The van der Waals surface area contributed by atoms with Crippen LogP contribution in [0, 0.1) is 0 Å². The van der Waals surface area contributed by atoms with E-state index >= 15 is 0 Å². The summed E-state index contributed by atoms with van der Waals surface area (Å²) in [6, 6.07) is 7.53. The molecule has 0 N–H and O–H groups in total. The number of fused-ring (bicyclic) bond motifs is 1. The maximum absolute atomic E-state index is 12.9. The lowest BCUT2D eigenvalue weighted by atomic mass is 9.92. The second kappa shape index (κ2) is 8.49. The lowest BCUT2D eigenvalue weighted by molar-refractivity contribution is -0.141. The van der Waals surface area contributed by atoms with E-state index in [1.54, 1.807) is 18.9 Å². The third kappa shape index (κ3) is 3.86. The molecule has 150 valence electrons. The summed E-state index contributed by atoms with van der Waals surface area (Å²) in [4.78, 5) is 31.9. The topological polar surface area (TPSA) is 68.2 Å². The molecule has 1 fully saturated rings. The highest BCUT2D eigenvalue weighted by Crippen LogP contribution is 2.43. The van der Waals surface area contributed by atoms with Gasteiger partial charge >= 0.3 is 5.97 Å². The van der Waals surface area contributed by atoms with Gasteiger partial charge in [-0.15, -0.1) is 0 Å². The summed E-state index contributed by atoms with van der Waals surface area (Å²) in [5.41, 5.74) is 3.06. The minimum absolute atomic E-state index is 0.0450. The van der Waals surface area contributed by atoms with Crippen molar-refractivity contribution in [3.05, 3.63) is 46.7 Å². The van der Waals surface area contributed by atoms with Gasteiger partial charge in [0.15, 0.2) is 5.17 Å². The highest BCUT2D eigenvalue weighted by atomic mass is 32.2. The second-order valence-electron chi connectivity index (χ2n) is 7.21. The van der Waals surface area contributed by atoms with Crippen molar-refractivity contribution in [1.82, 2.24) is 4.90 Å². The van der Waals surface area contributed by atoms with E-state index in [0.29, 0.717) is 29.0 Å². The van der Waals surface area contributed by atoms with Crippen molar-refractivity contribution < 1.29 is 19.1 Å². The van der Waals surface area contributed by atoms with Crippen LogP contribution in [0.4, 0.5) is 0 Å². The number of amidine groups is 1. The summed E-state index contributed by atoms with van der Waals surface area (Å²) in [6.07, 6.45) is 0. The van der Waals surface area contributed by atoms with E-state index in [1.165, 1.54) is 17.3 Å². The number of methoxy groups -OCH3 is 1. The normalized spacial score (nSPS) is 21.9. The van der Waals surface area contributed by atoms with Crippen LogP contribution in [0.3, 0.4) is 0 Å². The van der Waals surface area contributed by atoms with E-state index in [1.807, 2.05) is 31.2 Å². The Kier molecular flexibility index (Phi) is 6.25. The van der Waals surface area contributed by atoms with Gasteiger partial charge in [-0.3, -0.25) is 9.69 Å². The molecule has 0 aromatic heterocycles. The second-order valence-corrected chi connectivity index (χ2v) is 8.52. The van der Waals surface area contributed by atoms with Crippen LogP contribution in [0.25, 0.3) is 0 Å². The molecule has 2 heterocycles. The third-order valence-electron chi connectivity index (χ3n) is 4.92. The molecule has 1 amide bonds. The Labute approximate surface area is 170 Å². The Morgan fingerprint density at radius 2 is 1.93 bits per heavy atom. The van der Waals surface area contributed by atoms with Crippen molar-refractivity contribution in [2.45, 2.75) is 44.9 Å². The maximum Gasteiger partial charge on any atom is 0.338 e. The molecule has 0 spiro atoms. The summed E-state index contributed by atoms with van der Waals surface area (Å²) in [5, 5.41) is 0.411. The average molecular weight is 403 g/mol. The molecule has 0 bridgehead atoms. The van der Waals surface area contributed by atoms with E-state index in [2.05, 4.69) is 18.8 Å². The fourth-order valence-corrected chi connectivity index (χ4v) is 4.37. The molecule has 6 nitrogen and oxygen atoms in total. The van der Waals surface area contributed by atoms with E-state index in [0.717, 1.165) is 5.56 Å². The quantitative estimate of drug-likeness (QED) is 0.537. The zero-order valence-electron chi connectivity index (χ0n) is 16.9. The van der Waals surface area contributed by atoms with E-state index in [4.69, 9.17) is 9.47 Å². The summed E-state index contributed by atoms with van der Waals surface area (Å²) in [5.74, 6) is -0.110. The lowest BCUT2D eigenvalue weighted by Gasteiger charge is -2.33. The molecule has 2 aliphatic rings. The number of hydrogen-bond donors (Lipinski definition) is 0. The standard InChI is InChI=1S/C21H26N2O4S/c1-12(2)15-6-8-16(9-7-15)18-17(20(25)27-11-10-26-5)13(3)22-21-23(18)19(24)14(4)28-21/h6-9,12,14,18H,10-11H2,1-5H3/t14-,18+/m0/s1. The molecule has 0 radical (unpaired) electrons. The van der Waals surface area contributed by atoms with Gasteiger partial charge in [-0.1, -0.05) is 49.9 Å². The number of thioether (sulfide) groups is 1. The van der Waals surface area contributed by atoms with Crippen LogP contribution >= 0.6 is 11.8 Å². The monoisotopic (exact) mass is 402 g/mol. The molecule has 0 saturated carbocycles. The number of carbonyl (C=O) groups excluding carboxylic acids is 2. The molecule has 3 rings (SSSR count). The van der Waals surface area contributed by atoms with Crippen LogP contribution in [0.15, 0.2) is 40.5 Å². The van der Waals surface area contributed by atoms with E-state index in [-0.39, 0.29) is 17.8 Å². The zero-order chi connectivity index (χ0) is 20.4. The van der Waals surface area contributed by atoms with Gasteiger partial charge in [0.2, 0.25) is 5.91 Å². The van der Waals surface area contributed by atoms with Crippen molar-refractivity contribution in [2.24, 2.45) is 4.99 Å². The number of benzene rings is 1. The Bertz CT molecular complexity index is 829. The first-order valence-corrected chi connectivity index (χ1v) is 10.3. The van der Waals surface area contributed by atoms with E-state index in [9.17, 15) is 9.59 Å². The maximum atomic E-state index is 12.9. The lowest BCUT2D eigenvalue weighted by Crippen LogP contribution is -2.40. The van der Waals surface area contributed by atoms with Crippen LogP contribution in [0.2, 0.25) is 0 Å². The largest absolute Gasteiger partial charge is 0.460 e. The average Bonchev–Trinajstić information content (AvgIpc) is 2.94.